The summed E-state index contributed by atoms with van der Waals surface area (Å²) < 4.78 is 48.3. The van der Waals surface area contributed by atoms with Crippen LogP contribution in [0.4, 0.5) is 13.2 Å². The van der Waals surface area contributed by atoms with Gasteiger partial charge in [-0.05, 0) is 44.3 Å². The van der Waals surface area contributed by atoms with Gasteiger partial charge >= 0.3 is 12.1 Å². The van der Waals surface area contributed by atoms with Crippen molar-refractivity contribution in [1.29, 1.82) is 0 Å². The van der Waals surface area contributed by atoms with E-state index in [2.05, 4.69) is 6.58 Å². The van der Waals surface area contributed by atoms with Gasteiger partial charge in [0.1, 0.15) is 12.0 Å². The zero-order valence-electron chi connectivity index (χ0n) is 18.3. The number of aliphatic hydroxyl groups excluding tert-OH is 1. The molecule has 1 rings (SSSR count). The van der Waals surface area contributed by atoms with Crippen LogP contribution in [0.25, 0.3) is 0 Å². The Balaban J connectivity index is 3.42. The quantitative estimate of drug-likeness (QED) is 0.504. The standard InChI is InChI=1S/C22H31F3O6/c1-6-18-15(4)8-13(2)7-14(3)9-17(30-12-22(23,24)25)10-21(29,11-26)19(27)16(5)20(28)31-18/h8-9,14,16,18,26,29H,2,6-7,10-12H2,1,3-5H3/b15-8+,17-9+/t14-,16+,18-,21-/m0/s1. The van der Waals surface area contributed by atoms with Gasteiger partial charge in [-0.3, -0.25) is 9.59 Å². The Hall–Kier alpha value is -2.13. The molecule has 0 unspecified atom stereocenters. The minimum absolute atomic E-state index is 0.313. The fourth-order valence-corrected chi connectivity index (χ4v) is 3.36. The zero-order valence-corrected chi connectivity index (χ0v) is 18.3. The summed E-state index contributed by atoms with van der Waals surface area (Å²) in [6.45, 7) is 7.69. The number of halogens is 3. The first kappa shape index (κ1) is 26.9. The van der Waals surface area contributed by atoms with E-state index in [1.54, 1.807) is 26.8 Å². The number of carbonyl (C=O) groups is 2. The molecule has 0 aromatic carbocycles. The lowest BCUT2D eigenvalue weighted by atomic mass is 9.86. The first-order chi connectivity index (χ1) is 14.2. The van der Waals surface area contributed by atoms with Crippen LogP contribution in [0.1, 0.15) is 47.0 Å². The van der Waals surface area contributed by atoms with Crippen LogP contribution in [0.15, 0.2) is 35.6 Å². The van der Waals surface area contributed by atoms with E-state index >= 15 is 0 Å². The third kappa shape index (κ3) is 8.14. The van der Waals surface area contributed by atoms with Crippen molar-refractivity contribution in [3.8, 4) is 0 Å². The van der Waals surface area contributed by atoms with Crippen LogP contribution in [-0.4, -0.2) is 53.1 Å². The summed E-state index contributed by atoms with van der Waals surface area (Å²) in [5.41, 5.74) is -1.16. The van der Waals surface area contributed by atoms with Gasteiger partial charge in [0.2, 0.25) is 0 Å². The van der Waals surface area contributed by atoms with Gasteiger partial charge in [-0.1, -0.05) is 32.1 Å². The molecular weight excluding hydrogens is 417 g/mol. The van der Waals surface area contributed by atoms with Gasteiger partial charge in [0.15, 0.2) is 18.0 Å². The van der Waals surface area contributed by atoms with E-state index in [1.807, 2.05) is 0 Å². The molecule has 6 nitrogen and oxygen atoms in total. The van der Waals surface area contributed by atoms with Gasteiger partial charge < -0.3 is 19.7 Å². The highest BCUT2D eigenvalue weighted by Crippen LogP contribution is 2.28. The number of rotatable bonds is 4. The van der Waals surface area contributed by atoms with Crippen molar-refractivity contribution >= 4 is 11.8 Å². The highest BCUT2D eigenvalue weighted by atomic mass is 19.4. The number of cyclic esters (lactones) is 1. The van der Waals surface area contributed by atoms with Gasteiger partial charge in [0, 0.05) is 6.42 Å². The van der Waals surface area contributed by atoms with Crippen molar-refractivity contribution in [2.45, 2.75) is 64.8 Å². The average molecular weight is 448 g/mol. The summed E-state index contributed by atoms with van der Waals surface area (Å²) in [5.74, 6) is -4.08. The third-order valence-corrected chi connectivity index (χ3v) is 4.98. The van der Waals surface area contributed by atoms with Crippen molar-refractivity contribution in [3.05, 3.63) is 35.6 Å². The Labute approximate surface area is 180 Å². The Morgan fingerprint density at radius 2 is 1.94 bits per heavy atom. The molecule has 0 saturated heterocycles. The molecule has 9 heteroatoms. The molecule has 176 valence electrons. The number of allylic oxidation sites excluding steroid dienone is 3. The second-order valence-corrected chi connectivity index (χ2v) is 8.05. The van der Waals surface area contributed by atoms with E-state index in [0.717, 1.165) is 0 Å². The molecule has 1 heterocycles. The van der Waals surface area contributed by atoms with Gasteiger partial charge in [-0.15, -0.1) is 0 Å². The van der Waals surface area contributed by atoms with Gasteiger partial charge in [0.05, 0.1) is 12.4 Å². The summed E-state index contributed by atoms with van der Waals surface area (Å²) in [6.07, 6.45) is -2.08. The smallest absolute Gasteiger partial charge is 0.422 e. The molecule has 31 heavy (non-hydrogen) atoms. The normalized spacial score (nSPS) is 32.9. The predicted octanol–water partition coefficient (Wildman–Crippen LogP) is 3.63. The van der Waals surface area contributed by atoms with E-state index in [0.29, 0.717) is 24.0 Å². The molecule has 4 atom stereocenters. The summed E-state index contributed by atoms with van der Waals surface area (Å²) >= 11 is 0. The number of alkyl halides is 3. The van der Waals surface area contributed by atoms with Gasteiger partial charge in [0.25, 0.3) is 0 Å². The number of esters is 1. The number of carbonyl (C=O) groups excluding carboxylic acids is 2. The molecule has 2 N–H and O–H groups in total. The summed E-state index contributed by atoms with van der Waals surface area (Å²) in [4.78, 5) is 25.3. The van der Waals surface area contributed by atoms with Crippen LogP contribution in [0, 0.1) is 11.8 Å². The number of hydrogen-bond donors (Lipinski definition) is 2. The van der Waals surface area contributed by atoms with E-state index in [-0.39, 0.29) is 11.7 Å². The Kier molecular flexibility index (Phi) is 9.50. The van der Waals surface area contributed by atoms with Gasteiger partial charge in [-0.25, -0.2) is 0 Å². The second kappa shape index (κ2) is 10.9. The zero-order chi connectivity index (χ0) is 24.0. The van der Waals surface area contributed by atoms with Crippen molar-refractivity contribution in [2.75, 3.05) is 13.2 Å². The molecule has 0 bridgehead atoms. The van der Waals surface area contributed by atoms with Crippen LogP contribution in [0.3, 0.4) is 0 Å². The van der Waals surface area contributed by atoms with Crippen LogP contribution in [-0.2, 0) is 19.1 Å². The Morgan fingerprint density at radius 1 is 1.32 bits per heavy atom. The molecule has 0 spiro atoms. The molecule has 0 aromatic heterocycles. The second-order valence-electron chi connectivity index (χ2n) is 8.05. The fourth-order valence-electron chi connectivity index (χ4n) is 3.36. The highest BCUT2D eigenvalue weighted by Gasteiger charge is 2.43. The maximum atomic E-state index is 12.8. The third-order valence-electron chi connectivity index (χ3n) is 4.98. The lowest BCUT2D eigenvalue weighted by Gasteiger charge is -2.29. The van der Waals surface area contributed by atoms with Crippen LogP contribution in [0.2, 0.25) is 0 Å². The SMILES string of the molecule is C=C1/C=C(\C)[C@H](CC)OC(=O)[C@H](C)C(=O)[C@@](O)(CO)C/C(OCC(F)(F)F)=C\[C@@H](C)C1. The molecule has 0 amide bonds. The van der Waals surface area contributed by atoms with E-state index < -0.39 is 55.2 Å². The minimum atomic E-state index is -4.64. The Bertz CT molecular complexity index is 740. The molecule has 0 fully saturated rings. The Morgan fingerprint density at radius 3 is 2.45 bits per heavy atom. The first-order valence-corrected chi connectivity index (χ1v) is 10.1. The number of ether oxygens (including phenoxy) is 2. The van der Waals surface area contributed by atoms with Gasteiger partial charge in [-0.2, -0.15) is 13.2 Å². The van der Waals surface area contributed by atoms with Crippen LogP contribution < -0.4 is 0 Å². The number of aliphatic hydroxyl groups is 2. The van der Waals surface area contributed by atoms with Crippen molar-refractivity contribution in [3.63, 3.8) is 0 Å². The fraction of sp³-hybridized carbons (Fsp3) is 0.636. The summed E-state index contributed by atoms with van der Waals surface area (Å²) in [6, 6.07) is 0. The van der Waals surface area contributed by atoms with Crippen molar-refractivity contribution in [2.24, 2.45) is 11.8 Å². The predicted molar refractivity (Wildman–Crippen MR) is 108 cm³/mol. The monoisotopic (exact) mass is 448 g/mol. The lowest BCUT2D eigenvalue weighted by Crippen LogP contribution is -2.48. The summed E-state index contributed by atoms with van der Waals surface area (Å²) in [7, 11) is 0. The van der Waals surface area contributed by atoms with Crippen molar-refractivity contribution < 1.29 is 42.4 Å². The van der Waals surface area contributed by atoms with E-state index in [9.17, 15) is 33.0 Å². The minimum Gasteiger partial charge on any atom is -0.489 e. The largest absolute Gasteiger partial charge is 0.489 e. The summed E-state index contributed by atoms with van der Waals surface area (Å²) in [5, 5.41) is 20.4. The van der Waals surface area contributed by atoms with Crippen LogP contribution >= 0.6 is 0 Å². The molecule has 1 aliphatic heterocycles. The number of hydrogen-bond acceptors (Lipinski definition) is 6. The molecule has 0 aliphatic carbocycles. The maximum Gasteiger partial charge on any atom is 0.422 e. The number of Topliss-reactive ketones (excluding diaryl/α,β-unsaturated/α-hetero) is 1. The van der Waals surface area contributed by atoms with E-state index in [4.69, 9.17) is 9.47 Å². The molecule has 1 aliphatic rings. The topological polar surface area (TPSA) is 93.1 Å². The van der Waals surface area contributed by atoms with E-state index in [1.165, 1.54) is 13.0 Å². The molecule has 0 radical (unpaired) electrons. The average Bonchev–Trinajstić information content (AvgIpc) is 2.66. The van der Waals surface area contributed by atoms with Crippen LogP contribution in [0.5, 0.6) is 0 Å². The lowest BCUT2D eigenvalue weighted by molar-refractivity contribution is -0.169. The highest BCUT2D eigenvalue weighted by molar-refractivity contribution is 6.03. The maximum absolute atomic E-state index is 12.8. The molecule has 0 aromatic rings. The number of ketones is 1. The molecular formula is C22H31F3O6. The van der Waals surface area contributed by atoms with Crippen molar-refractivity contribution in [1.82, 2.24) is 0 Å². The first-order valence-electron chi connectivity index (χ1n) is 10.1. The molecule has 0 saturated carbocycles.